The highest BCUT2D eigenvalue weighted by Gasteiger charge is 2.23. The smallest absolute Gasteiger partial charge is 0.328 e. The summed E-state index contributed by atoms with van der Waals surface area (Å²) in [6, 6.07) is 18.3. The second-order valence-corrected chi connectivity index (χ2v) is 7.55. The van der Waals surface area contributed by atoms with Crippen LogP contribution in [0.25, 0.3) is 0 Å². The first-order valence-corrected chi connectivity index (χ1v) is 11.2. The Balaban J connectivity index is 1.40. The molecule has 0 saturated heterocycles. The number of fused-ring (bicyclic) bond motifs is 1. The minimum absolute atomic E-state index is 0.151. The SMILES string of the molecule is NCCOCCOCCNc1nc(NC2CCc3ccccc32)nc(Oc2ccccc2)n1. The molecule has 3 aromatic rings. The van der Waals surface area contributed by atoms with Crippen molar-refractivity contribution < 1.29 is 14.2 Å². The number of ether oxygens (including phenoxy) is 3. The van der Waals surface area contributed by atoms with Gasteiger partial charge in [0, 0.05) is 13.1 Å². The number of aryl methyl sites for hydroxylation is 1. The van der Waals surface area contributed by atoms with E-state index >= 15 is 0 Å². The van der Waals surface area contributed by atoms with E-state index in [-0.39, 0.29) is 12.1 Å². The van der Waals surface area contributed by atoms with Gasteiger partial charge in [0.25, 0.3) is 0 Å². The van der Waals surface area contributed by atoms with Gasteiger partial charge in [-0.3, -0.25) is 0 Å². The van der Waals surface area contributed by atoms with Gasteiger partial charge in [-0.25, -0.2) is 0 Å². The van der Waals surface area contributed by atoms with Crippen LogP contribution in [0.5, 0.6) is 11.8 Å². The van der Waals surface area contributed by atoms with Gasteiger partial charge < -0.3 is 30.6 Å². The third-order valence-electron chi connectivity index (χ3n) is 5.17. The van der Waals surface area contributed by atoms with Crippen molar-refractivity contribution in [1.29, 1.82) is 0 Å². The number of nitrogens with two attached hydrogens (primary N) is 1. The van der Waals surface area contributed by atoms with Crippen LogP contribution in [0, 0.1) is 0 Å². The average Bonchev–Trinajstić information content (AvgIpc) is 3.24. The van der Waals surface area contributed by atoms with Crippen molar-refractivity contribution in [3.63, 3.8) is 0 Å². The van der Waals surface area contributed by atoms with Crippen LogP contribution in [0.3, 0.4) is 0 Å². The summed E-state index contributed by atoms with van der Waals surface area (Å²) in [6.07, 6.45) is 2.02. The molecule has 4 N–H and O–H groups in total. The highest BCUT2D eigenvalue weighted by Crippen LogP contribution is 2.33. The van der Waals surface area contributed by atoms with Gasteiger partial charge in [0.1, 0.15) is 5.75 Å². The van der Waals surface area contributed by atoms with Gasteiger partial charge in [-0.15, -0.1) is 0 Å². The summed E-state index contributed by atoms with van der Waals surface area (Å²) in [5.74, 6) is 1.55. The van der Waals surface area contributed by atoms with Crippen molar-refractivity contribution in [3.8, 4) is 11.8 Å². The monoisotopic (exact) mass is 450 g/mol. The molecule has 0 spiro atoms. The molecule has 2 aromatic carbocycles. The summed E-state index contributed by atoms with van der Waals surface area (Å²) in [4.78, 5) is 13.5. The zero-order valence-corrected chi connectivity index (χ0v) is 18.6. The van der Waals surface area contributed by atoms with Crippen molar-refractivity contribution >= 4 is 11.9 Å². The predicted octanol–water partition coefficient (Wildman–Crippen LogP) is 3.17. The number of rotatable bonds is 13. The van der Waals surface area contributed by atoms with Crippen molar-refractivity contribution in [3.05, 3.63) is 65.7 Å². The van der Waals surface area contributed by atoms with Crippen LogP contribution in [-0.4, -0.2) is 54.5 Å². The summed E-state index contributed by atoms with van der Waals surface area (Å²) in [6.45, 7) is 3.11. The highest BCUT2D eigenvalue weighted by atomic mass is 16.5. The van der Waals surface area contributed by atoms with Crippen molar-refractivity contribution in [1.82, 2.24) is 15.0 Å². The fourth-order valence-electron chi connectivity index (χ4n) is 3.64. The Bertz CT molecular complexity index is 1000. The Hall–Kier alpha value is -3.27. The molecule has 1 atom stereocenters. The molecular weight excluding hydrogens is 420 g/mol. The molecule has 0 bridgehead atoms. The van der Waals surface area contributed by atoms with Crippen molar-refractivity contribution in [2.45, 2.75) is 18.9 Å². The number of anilines is 2. The van der Waals surface area contributed by atoms with E-state index in [1.54, 1.807) is 0 Å². The van der Waals surface area contributed by atoms with E-state index in [1.807, 2.05) is 30.3 Å². The molecule has 174 valence electrons. The molecule has 1 unspecified atom stereocenters. The van der Waals surface area contributed by atoms with E-state index in [2.05, 4.69) is 49.9 Å². The lowest BCUT2D eigenvalue weighted by molar-refractivity contribution is 0.0547. The van der Waals surface area contributed by atoms with Crippen LogP contribution in [0.4, 0.5) is 11.9 Å². The number of hydrogen-bond acceptors (Lipinski definition) is 9. The van der Waals surface area contributed by atoms with Gasteiger partial charge in [-0.1, -0.05) is 42.5 Å². The van der Waals surface area contributed by atoms with Crippen LogP contribution in [0.2, 0.25) is 0 Å². The second-order valence-electron chi connectivity index (χ2n) is 7.55. The number of para-hydroxylation sites is 1. The number of nitrogens with zero attached hydrogens (tertiary/aromatic N) is 3. The Labute approximate surface area is 193 Å². The van der Waals surface area contributed by atoms with Gasteiger partial charge in [-0.05, 0) is 36.1 Å². The van der Waals surface area contributed by atoms with Crippen molar-refractivity contribution in [2.24, 2.45) is 5.73 Å². The maximum atomic E-state index is 5.88. The molecule has 1 aromatic heterocycles. The van der Waals surface area contributed by atoms with E-state index in [4.69, 9.17) is 19.9 Å². The van der Waals surface area contributed by atoms with Gasteiger partial charge >= 0.3 is 6.01 Å². The van der Waals surface area contributed by atoms with E-state index in [9.17, 15) is 0 Å². The van der Waals surface area contributed by atoms with E-state index in [0.717, 1.165) is 12.8 Å². The fraction of sp³-hybridized carbons (Fsp3) is 0.375. The largest absolute Gasteiger partial charge is 0.424 e. The molecule has 0 aliphatic heterocycles. The summed E-state index contributed by atoms with van der Waals surface area (Å²) in [7, 11) is 0. The summed E-state index contributed by atoms with van der Waals surface area (Å²) >= 11 is 0. The van der Waals surface area contributed by atoms with Crippen LogP contribution in [0.15, 0.2) is 54.6 Å². The van der Waals surface area contributed by atoms with Crippen LogP contribution in [0.1, 0.15) is 23.6 Å². The average molecular weight is 451 g/mol. The fourth-order valence-corrected chi connectivity index (χ4v) is 3.64. The van der Waals surface area contributed by atoms with Crippen LogP contribution < -0.4 is 21.1 Å². The first-order valence-electron chi connectivity index (χ1n) is 11.2. The topological polar surface area (TPSA) is 116 Å². The molecule has 33 heavy (non-hydrogen) atoms. The molecule has 1 aliphatic rings. The molecule has 9 heteroatoms. The Morgan fingerprint density at radius 2 is 1.61 bits per heavy atom. The van der Waals surface area contributed by atoms with Crippen molar-refractivity contribution in [2.75, 3.05) is 50.2 Å². The normalized spacial score (nSPS) is 14.6. The molecule has 1 aliphatic carbocycles. The number of hydrogen-bond donors (Lipinski definition) is 3. The second kappa shape index (κ2) is 12.1. The lowest BCUT2D eigenvalue weighted by Gasteiger charge is -2.15. The Kier molecular flexibility index (Phi) is 8.40. The number of aromatic nitrogens is 3. The predicted molar refractivity (Wildman–Crippen MR) is 127 cm³/mol. The third-order valence-corrected chi connectivity index (χ3v) is 5.17. The zero-order valence-electron chi connectivity index (χ0n) is 18.6. The zero-order chi connectivity index (χ0) is 22.7. The first kappa shape index (κ1) is 22.9. The van der Waals surface area contributed by atoms with E-state index < -0.39 is 0 Å². The molecule has 0 amide bonds. The minimum atomic E-state index is 0.151. The lowest BCUT2D eigenvalue weighted by Crippen LogP contribution is -2.17. The maximum absolute atomic E-state index is 5.88. The number of nitrogens with one attached hydrogen (secondary N) is 2. The van der Waals surface area contributed by atoms with Crippen LogP contribution >= 0.6 is 0 Å². The lowest BCUT2D eigenvalue weighted by atomic mass is 10.1. The van der Waals surface area contributed by atoms with Crippen LogP contribution in [-0.2, 0) is 15.9 Å². The summed E-state index contributed by atoms with van der Waals surface area (Å²) in [5, 5.41) is 6.64. The highest BCUT2D eigenvalue weighted by molar-refractivity contribution is 5.43. The quantitative estimate of drug-likeness (QED) is 0.338. The molecule has 0 saturated carbocycles. The Morgan fingerprint density at radius 3 is 2.45 bits per heavy atom. The number of benzene rings is 2. The van der Waals surface area contributed by atoms with Gasteiger partial charge in [-0.2, -0.15) is 15.0 Å². The van der Waals surface area contributed by atoms with Gasteiger partial charge in [0.15, 0.2) is 0 Å². The van der Waals surface area contributed by atoms with E-state index in [1.165, 1.54) is 11.1 Å². The maximum Gasteiger partial charge on any atom is 0.328 e. The molecule has 0 radical (unpaired) electrons. The molecule has 0 fully saturated rings. The Morgan fingerprint density at radius 1 is 0.848 bits per heavy atom. The standard InChI is InChI=1S/C24H30N6O3/c25-12-14-31-16-17-32-15-13-26-22-28-23(27-21-11-10-18-6-4-5-9-20(18)21)30-24(29-22)33-19-7-2-1-3-8-19/h1-9,21H,10-17,25H2,(H2,26,27,28,29,30). The minimum Gasteiger partial charge on any atom is -0.424 e. The molecule has 9 nitrogen and oxygen atoms in total. The molecule has 4 rings (SSSR count). The van der Waals surface area contributed by atoms with Gasteiger partial charge in [0.05, 0.1) is 32.5 Å². The molecular formula is C24H30N6O3. The summed E-state index contributed by atoms with van der Waals surface area (Å²) in [5.41, 5.74) is 8.03. The first-order chi connectivity index (χ1) is 16.3. The van der Waals surface area contributed by atoms with Gasteiger partial charge in [0.2, 0.25) is 11.9 Å². The third kappa shape index (κ3) is 6.85. The molecule has 1 heterocycles. The summed E-state index contributed by atoms with van der Waals surface area (Å²) < 4.78 is 16.7. The van der Waals surface area contributed by atoms with E-state index in [0.29, 0.717) is 57.2 Å².